The molecular weight excluding hydrogens is 360 g/mol. The van der Waals surface area contributed by atoms with E-state index >= 15 is 0 Å². The summed E-state index contributed by atoms with van der Waals surface area (Å²) in [5.41, 5.74) is 6.37. The van der Waals surface area contributed by atoms with Crippen LogP contribution in [0, 0.1) is 0 Å². The Balaban J connectivity index is 1.54. The van der Waals surface area contributed by atoms with E-state index in [0.717, 1.165) is 39.9 Å². The number of fused-ring (bicyclic) bond motifs is 2. The Morgan fingerprint density at radius 2 is 1.90 bits per heavy atom. The highest BCUT2D eigenvalue weighted by molar-refractivity contribution is 5.95. The summed E-state index contributed by atoms with van der Waals surface area (Å²) in [4.78, 5) is 20.6. The van der Waals surface area contributed by atoms with Crippen molar-refractivity contribution in [1.82, 2.24) is 19.6 Å². The molecule has 0 saturated carbocycles. The molecule has 0 aliphatic rings. The lowest BCUT2D eigenvalue weighted by molar-refractivity contribution is 0.101. The molecule has 0 N–H and O–H groups in total. The Labute approximate surface area is 167 Å². The number of pyridine rings is 1. The number of carbonyl (C=O) groups excluding carboxylic acids is 1. The van der Waals surface area contributed by atoms with Gasteiger partial charge in [0.1, 0.15) is 0 Å². The molecule has 0 fully saturated rings. The molecule has 0 bridgehead atoms. The fourth-order valence-electron chi connectivity index (χ4n) is 3.54. The largest absolute Gasteiger partial charge is 0.295 e. The number of Topliss-reactive ketones (excluding diaryl/α,β-unsaturated/α-hetero) is 1. The van der Waals surface area contributed by atoms with Gasteiger partial charge in [-0.2, -0.15) is 5.10 Å². The first kappa shape index (κ1) is 17.3. The molecule has 0 atom stereocenters. The lowest BCUT2D eigenvalue weighted by Crippen LogP contribution is -2.01. The van der Waals surface area contributed by atoms with Crippen molar-refractivity contribution in [3.63, 3.8) is 0 Å². The smallest absolute Gasteiger partial charge is 0.159 e. The van der Waals surface area contributed by atoms with Crippen molar-refractivity contribution >= 4 is 22.3 Å². The van der Waals surface area contributed by atoms with E-state index in [1.54, 1.807) is 13.1 Å². The molecule has 5 rings (SSSR count). The Hall–Kier alpha value is -3.86. The van der Waals surface area contributed by atoms with E-state index < -0.39 is 0 Å². The van der Waals surface area contributed by atoms with Gasteiger partial charge in [-0.1, -0.05) is 30.3 Å². The van der Waals surface area contributed by atoms with Gasteiger partial charge in [-0.05, 0) is 48.9 Å². The first-order valence-corrected chi connectivity index (χ1v) is 9.46. The molecule has 0 unspecified atom stereocenters. The topological polar surface area (TPSA) is 60.2 Å². The van der Waals surface area contributed by atoms with Gasteiger partial charge < -0.3 is 0 Å². The van der Waals surface area contributed by atoms with Crippen LogP contribution in [0.2, 0.25) is 0 Å². The van der Waals surface area contributed by atoms with Gasteiger partial charge >= 0.3 is 0 Å². The molecule has 5 nitrogen and oxygen atoms in total. The fourth-order valence-corrected chi connectivity index (χ4v) is 3.54. The predicted molar refractivity (Wildman–Crippen MR) is 113 cm³/mol. The minimum atomic E-state index is 0.0436. The third kappa shape index (κ3) is 3.27. The van der Waals surface area contributed by atoms with Crippen LogP contribution >= 0.6 is 0 Å². The highest BCUT2D eigenvalue weighted by Gasteiger charge is 2.10. The molecule has 29 heavy (non-hydrogen) atoms. The minimum Gasteiger partial charge on any atom is -0.295 e. The molecular formula is C24H18N4O. The van der Waals surface area contributed by atoms with Crippen molar-refractivity contribution in [1.29, 1.82) is 0 Å². The number of aromatic nitrogens is 4. The number of benzene rings is 2. The molecule has 5 heteroatoms. The molecule has 0 aliphatic carbocycles. The first-order valence-electron chi connectivity index (χ1n) is 9.46. The number of hydrogen-bond acceptors (Lipinski definition) is 4. The second-order valence-corrected chi connectivity index (χ2v) is 7.08. The zero-order valence-corrected chi connectivity index (χ0v) is 15.9. The van der Waals surface area contributed by atoms with Crippen LogP contribution < -0.4 is 0 Å². The normalized spacial score (nSPS) is 11.2. The van der Waals surface area contributed by atoms with Crippen LogP contribution in [0.3, 0.4) is 0 Å². The van der Waals surface area contributed by atoms with Crippen LogP contribution in [-0.4, -0.2) is 25.4 Å². The molecule has 5 aromatic rings. The zero-order chi connectivity index (χ0) is 19.8. The van der Waals surface area contributed by atoms with E-state index in [-0.39, 0.29) is 5.78 Å². The van der Waals surface area contributed by atoms with Crippen molar-refractivity contribution in [3.8, 4) is 11.3 Å². The van der Waals surface area contributed by atoms with E-state index in [1.807, 2.05) is 59.2 Å². The summed E-state index contributed by atoms with van der Waals surface area (Å²) < 4.78 is 1.88. The summed E-state index contributed by atoms with van der Waals surface area (Å²) in [7, 11) is 0. The SMILES string of the molecule is CC(=O)c1cccc(-c2ccc3ncc(Cc4ccc5ncccc5c4)n3n2)c1. The van der Waals surface area contributed by atoms with Gasteiger partial charge in [-0.15, -0.1) is 0 Å². The Morgan fingerprint density at radius 1 is 0.966 bits per heavy atom. The molecule has 140 valence electrons. The Kier molecular flexibility index (Phi) is 4.13. The summed E-state index contributed by atoms with van der Waals surface area (Å²) in [5, 5.41) is 5.91. The third-order valence-corrected chi connectivity index (χ3v) is 5.05. The molecule has 3 heterocycles. The highest BCUT2D eigenvalue weighted by atomic mass is 16.1. The van der Waals surface area contributed by atoms with Gasteiger partial charge in [-0.3, -0.25) is 9.78 Å². The van der Waals surface area contributed by atoms with Gasteiger partial charge in [-0.25, -0.2) is 9.50 Å². The van der Waals surface area contributed by atoms with E-state index in [4.69, 9.17) is 5.10 Å². The van der Waals surface area contributed by atoms with Gasteiger partial charge in [0, 0.05) is 29.1 Å². The third-order valence-electron chi connectivity index (χ3n) is 5.05. The molecule has 0 aliphatic heterocycles. The van der Waals surface area contributed by atoms with Crippen molar-refractivity contribution in [2.45, 2.75) is 13.3 Å². The zero-order valence-electron chi connectivity index (χ0n) is 15.9. The van der Waals surface area contributed by atoms with E-state index in [0.29, 0.717) is 5.56 Å². The quantitative estimate of drug-likeness (QED) is 0.424. The number of carbonyl (C=O) groups is 1. The predicted octanol–water partition coefficient (Wildman–Crippen LogP) is 4.74. The molecule has 0 saturated heterocycles. The molecule has 0 amide bonds. The Bertz CT molecular complexity index is 1370. The summed E-state index contributed by atoms with van der Waals surface area (Å²) in [6, 6.07) is 21.7. The van der Waals surface area contributed by atoms with Crippen LogP contribution in [0.5, 0.6) is 0 Å². The van der Waals surface area contributed by atoms with Crippen LogP contribution in [0.4, 0.5) is 0 Å². The maximum atomic E-state index is 11.7. The van der Waals surface area contributed by atoms with E-state index in [2.05, 4.69) is 28.2 Å². The van der Waals surface area contributed by atoms with Gasteiger partial charge in [0.05, 0.1) is 23.1 Å². The monoisotopic (exact) mass is 378 g/mol. The first-order chi connectivity index (χ1) is 14.2. The van der Waals surface area contributed by atoms with Gasteiger partial charge in [0.2, 0.25) is 0 Å². The highest BCUT2D eigenvalue weighted by Crippen LogP contribution is 2.21. The van der Waals surface area contributed by atoms with Crippen LogP contribution in [-0.2, 0) is 6.42 Å². The fraction of sp³-hybridized carbons (Fsp3) is 0.0833. The maximum Gasteiger partial charge on any atom is 0.159 e. The van der Waals surface area contributed by atoms with Crippen molar-refractivity contribution in [2.24, 2.45) is 0 Å². The second-order valence-electron chi connectivity index (χ2n) is 7.08. The average molecular weight is 378 g/mol. The van der Waals surface area contributed by atoms with Gasteiger partial charge in [0.15, 0.2) is 11.4 Å². The van der Waals surface area contributed by atoms with Gasteiger partial charge in [0.25, 0.3) is 0 Å². The Morgan fingerprint density at radius 3 is 2.79 bits per heavy atom. The van der Waals surface area contributed by atoms with Crippen molar-refractivity contribution in [3.05, 3.63) is 95.9 Å². The number of hydrogen-bond donors (Lipinski definition) is 0. The molecule has 0 radical (unpaired) electrons. The van der Waals surface area contributed by atoms with Crippen LogP contribution in [0.25, 0.3) is 27.8 Å². The lowest BCUT2D eigenvalue weighted by atomic mass is 10.1. The lowest BCUT2D eigenvalue weighted by Gasteiger charge is -2.06. The number of nitrogens with zero attached hydrogens (tertiary/aromatic N) is 4. The standard InChI is InChI=1S/C24H18N4O/c1-16(29)18-4-2-5-20(14-18)23-9-10-24-26-15-21(28(24)27-23)13-17-7-8-22-19(12-17)6-3-11-25-22/h2-12,14-15H,13H2,1H3. The van der Waals surface area contributed by atoms with Crippen LogP contribution in [0.15, 0.2) is 79.1 Å². The van der Waals surface area contributed by atoms with E-state index in [9.17, 15) is 4.79 Å². The number of imidazole rings is 1. The average Bonchev–Trinajstić information content (AvgIpc) is 3.15. The summed E-state index contributed by atoms with van der Waals surface area (Å²) in [6.45, 7) is 1.57. The minimum absolute atomic E-state index is 0.0436. The maximum absolute atomic E-state index is 11.7. The van der Waals surface area contributed by atoms with Crippen molar-refractivity contribution in [2.75, 3.05) is 0 Å². The summed E-state index contributed by atoms with van der Waals surface area (Å²) in [6.07, 6.45) is 4.39. The summed E-state index contributed by atoms with van der Waals surface area (Å²) in [5.74, 6) is 0.0436. The molecule has 3 aromatic heterocycles. The van der Waals surface area contributed by atoms with Crippen molar-refractivity contribution < 1.29 is 4.79 Å². The molecule has 2 aromatic carbocycles. The summed E-state index contributed by atoms with van der Waals surface area (Å²) >= 11 is 0. The number of ketones is 1. The second kappa shape index (κ2) is 6.95. The molecule has 0 spiro atoms. The van der Waals surface area contributed by atoms with E-state index in [1.165, 1.54) is 5.56 Å². The van der Waals surface area contributed by atoms with Crippen LogP contribution in [0.1, 0.15) is 28.5 Å². The number of rotatable bonds is 4.